The normalized spacial score (nSPS) is 13.7. The molecule has 122 valence electrons. The van der Waals surface area contributed by atoms with Gasteiger partial charge >= 0.3 is 0 Å². The first kappa shape index (κ1) is 19.8. The monoisotopic (exact) mass is 289 g/mol. The molecule has 0 saturated carbocycles. The van der Waals surface area contributed by atoms with Crippen LogP contribution in [0.15, 0.2) is 0 Å². The maximum absolute atomic E-state index is 6.23. The fraction of sp³-hybridized carbons (Fsp3) is 1.00. The molecule has 2 N–H and O–H groups in total. The summed E-state index contributed by atoms with van der Waals surface area (Å²) in [5, 5.41) is 0. The number of nitrogens with two attached hydrogens (primary N) is 1. The number of rotatable bonds is 14. The first-order valence-electron chi connectivity index (χ1n) is 8.31. The van der Waals surface area contributed by atoms with E-state index in [9.17, 15) is 0 Å². The zero-order valence-corrected chi connectivity index (χ0v) is 14.0. The van der Waals surface area contributed by atoms with Crippen molar-refractivity contribution in [1.82, 2.24) is 0 Å². The molecule has 0 saturated heterocycles. The zero-order chi connectivity index (χ0) is 15.3. The van der Waals surface area contributed by atoms with Crippen molar-refractivity contribution >= 4 is 0 Å². The lowest BCUT2D eigenvalue weighted by Gasteiger charge is -2.34. The molecule has 0 spiro atoms. The Kier molecular flexibility index (Phi) is 12.5. The van der Waals surface area contributed by atoms with E-state index in [1.165, 1.54) is 32.1 Å². The minimum Gasteiger partial charge on any atom is -0.328 e. The Morgan fingerprint density at radius 1 is 0.800 bits per heavy atom. The molecule has 0 aliphatic carbocycles. The third-order valence-electron chi connectivity index (χ3n) is 3.28. The Labute approximate surface area is 125 Å². The number of unbranched alkanes of at least 4 members (excludes halogenated alkanes) is 4. The maximum Gasteiger partial charge on any atom is 0.284 e. The fourth-order valence-corrected chi connectivity index (χ4v) is 2.39. The van der Waals surface area contributed by atoms with Crippen molar-refractivity contribution in [2.24, 2.45) is 5.73 Å². The molecular weight excluding hydrogens is 254 g/mol. The summed E-state index contributed by atoms with van der Waals surface area (Å²) in [6.07, 6.45) is 7.91. The largest absolute Gasteiger partial charge is 0.328 e. The number of hydrogen-bond acceptors (Lipinski definition) is 4. The minimum absolute atomic E-state index is 0.0567. The molecule has 0 amide bonds. The Bertz CT molecular complexity index is 195. The predicted octanol–water partition coefficient (Wildman–Crippen LogP) is 3.83. The Morgan fingerprint density at radius 2 is 1.30 bits per heavy atom. The van der Waals surface area contributed by atoms with Crippen molar-refractivity contribution < 1.29 is 14.2 Å². The molecule has 0 aromatic rings. The molecule has 0 aromatic carbocycles. The van der Waals surface area contributed by atoms with Gasteiger partial charge < -0.3 is 19.9 Å². The second-order valence-electron chi connectivity index (χ2n) is 5.15. The molecule has 0 rings (SSSR count). The highest BCUT2D eigenvalue weighted by atomic mass is 16.9. The van der Waals surface area contributed by atoms with Crippen LogP contribution in [0.2, 0.25) is 0 Å². The standard InChI is InChI=1S/C16H35NO3/c1-5-9-10-11-12-13-15(17)14-16(18-6-2,19-7-3)20-8-4/h15H,5-14,17H2,1-4H3. The van der Waals surface area contributed by atoms with Crippen LogP contribution < -0.4 is 5.73 Å². The van der Waals surface area contributed by atoms with Crippen LogP contribution in [0.1, 0.15) is 72.6 Å². The van der Waals surface area contributed by atoms with Gasteiger partial charge in [0.2, 0.25) is 0 Å². The lowest BCUT2D eigenvalue weighted by atomic mass is 10.0. The predicted molar refractivity (Wildman–Crippen MR) is 83.6 cm³/mol. The van der Waals surface area contributed by atoms with Gasteiger partial charge in [-0.2, -0.15) is 0 Å². The van der Waals surface area contributed by atoms with Crippen LogP contribution in [0.3, 0.4) is 0 Å². The molecule has 20 heavy (non-hydrogen) atoms. The summed E-state index contributed by atoms with van der Waals surface area (Å²) in [7, 11) is 0. The van der Waals surface area contributed by atoms with Crippen LogP contribution in [0.4, 0.5) is 0 Å². The molecule has 0 aliphatic heterocycles. The van der Waals surface area contributed by atoms with Gasteiger partial charge in [-0.1, -0.05) is 39.0 Å². The van der Waals surface area contributed by atoms with Gasteiger partial charge in [0.05, 0.1) is 0 Å². The minimum atomic E-state index is -0.957. The summed E-state index contributed by atoms with van der Waals surface area (Å²) in [5.74, 6) is -0.957. The van der Waals surface area contributed by atoms with Gasteiger partial charge in [0.15, 0.2) is 0 Å². The van der Waals surface area contributed by atoms with E-state index in [4.69, 9.17) is 19.9 Å². The third kappa shape index (κ3) is 8.90. The van der Waals surface area contributed by atoms with Gasteiger partial charge in [0.25, 0.3) is 5.97 Å². The second kappa shape index (κ2) is 12.6. The average Bonchev–Trinajstić information content (AvgIpc) is 2.39. The zero-order valence-electron chi connectivity index (χ0n) is 14.0. The summed E-state index contributed by atoms with van der Waals surface area (Å²) < 4.78 is 17.1. The molecule has 4 nitrogen and oxygen atoms in total. The van der Waals surface area contributed by atoms with Crippen LogP contribution in [0.25, 0.3) is 0 Å². The van der Waals surface area contributed by atoms with E-state index < -0.39 is 5.97 Å². The SMILES string of the molecule is CCCCCCCC(N)CC(OCC)(OCC)OCC. The Hall–Kier alpha value is -0.160. The highest BCUT2D eigenvalue weighted by molar-refractivity contribution is 4.70. The summed E-state index contributed by atoms with van der Waals surface area (Å²) >= 11 is 0. The Balaban J connectivity index is 4.18. The van der Waals surface area contributed by atoms with Gasteiger partial charge in [-0.3, -0.25) is 0 Å². The summed E-state index contributed by atoms with van der Waals surface area (Å²) in [4.78, 5) is 0. The van der Waals surface area contributed by atoms with Crippen LogP contribution >= 0.6 is 0 Å². The summed E-state index contributed by atoms with van der Waals surface area (Å²) in [5.41, 5.74) is 6.23. The van der Waals surface area contributed by atoms with Crippen molar-refractivity contribution in [1.29, 1.82) is 0 Å². The van der Waals surface area contributed by atoms with Gasteiger partial charge in [-0.25, -0.2) is 0 Å². The number of ether oxygens (including phenoxy) is 3. The highest BCUT2D eigenvalue weighted by Gasteiger charge is 2.34. The van der Waals surface area contributed by atoms with Gasteiger partial charge in [-0.05, 0) is 27.2 Å². The smallest absolute Gasteiger partial charge is 0.284 e. The molecule has 0 bridgehead atoms. The fourth-order valence-electron chi connectivity index (χ4n) is 2.39. The highest BCUT2D eigenvalue weighted by Crippen LogP contribution is 2.23. The molecule has 0 heterocycles. The lowest BCUT2D eigenvalue weighted by molar-refractivity contribution is -0.381. The van der Waals surface area contributed by atoms with E-state index in [2.05, 4.69) is 6.92 Å². The second-order valence-corrected chi connectivity index (χ2v) is 5.15. The molecule has 1 atom stereocenters. The van der Waals surface area contributed by atoms with Crippen molar-refractivity contribution in [3.63, 3.8) is 0 Å². The first-order valence-corrected chi connectivity index (χ1v) is 8.31. The maximum atomic E-state index is 6.23. The molecule has 0 aromatic heterocycles. The molecule has 4 heteroatoms. The van der Waals surface area contributed by atoms with E-state index in [0.717, 1.165) is 6.42 Å². The first-order chi connectivity index (χ1) is 9.64. The molecule has 0 radical (unpaired) electrons. The van der Waals surface area contributed by atoms with Crippen LogP contribution in [-0.4, -0.2) is 31.8 Å². The topological polar surface area (TPSA) is 53.7 Å². The van der Waals surface area contributed by atoms with Gasteiger partial charge in [-0.15, -0.1) is 0 Å². The lowest BCUT2D eigenvalue weighted by Crippen LogP contribution is -2.44. The molecular formula is C16H35NO3. The van der Waals surface area contributed by atoms with Crippen LogP contribution in [0.5, 0.6) is 0 Å². The van der Waals surface area contributed by atoms with E-state index in [-0.39, 0.29) is 6.04 Å². The van der Waals surface area contributed by atoms with Crippen molar-refractivity contribution in [2.45, 2.75) is 84.7 Å². The van der Waals surface area contributed by atoms with Crippen LogP contribution in [0, 0.1) is 0 Å². The van der Waals surface area contributed by atoms with E-state index in [0.29, 0.717) is 26.2 Å². The quantitative estimate of drug-likeness (QED) is 0.390. The Morgan fingerprint density at radius 3 is 1.75 bits per heavy atom. The van der Waals surface area contributed by atoms with Crippen molar-refractivity contribution in [3.8, 4) is 0 Å². The average molecular weight is 289 g/mol. The van der Waals surface area contributed by atoms with Gasteiger partial charge in [0.1, 0.15) is 0 Å². The molecule has 0 aliphatic rings. The van der Waals surface area contributed by atoms with Crippen molar-refractivity contribution in [2.75, 3.05) is 19.8 Å². The molecule has 0 fully saturated rings. The summed E-state index contributed by atoms with van der Waals surface area (Å²) in [6.45, 7) is 9.75. The third-order valence-corrected chi connectivity index (χ3v) is 3.28. The van der Waals surface area contributed by atoms with Gasteiger partial charge in [0, 0.05) is 32.3 Å². The van der Waals surface area contributed by atoms with Crippen LogP contribution in [-0.2, 0) is 14.2 Å². The van der Waals surface area contributed by atoms with E-state index >= 15 is 0 Å². The molecule has 1 unspecified atom stereocenters. The summed E-state index contributed by atoms with van der Waals surface area (Å²) in [6, 6.07) is 0.0567. The van der Waals surface area contributed by atoms with E-state index in [1.807, 2.05) is 20.8 Å². The number of hydrogen-bond donors (Lipinski definition) is 1. The van der Waals surface area contributed by atoms with E-state index in [1.54, 1.807) is 0 Å². The van der Waals surface area contributed by atoms with Crippen molar-refractivity contribution in [3.05, 3.63) is 0 Å².